The van der Waals surface area contributed by atoms with E-state index in [4.69, 9.17) is 0 Å². The third-order valence-electron chi connectivity index (χ3n) is 4.31. The molecular formula is C18H18F2N2O3S. The molecule has 8 heteroatoms. The Morgan fingerprint density at radius 2 is 1.62 bits per heavy atom. The lowest BCUT2D eigenvalue weighted by Gasteiger charge is -2.23. The Morgan fingerprint density at radius 3 is 2.23 bits per heavy atom. The normalized spacial score (nSPS) is 18.0. The van der Waals surface area contributed by atoms with Crippen LogP contribution in [-0.4, -0.2) is 31.2 Å². The number of halogens is 2. The fourth-order valence-corrected chi connectivity index (χ4v) is 4.60. The Balaban J connectivity index is 1.71. The second-order valence-corrected chi connectivity index (χ2v) is 7.96. The van der Waals surface area contributed by atoms with Gasteiger partial charge in [0.05, 0.1) is 4.90 Å². The average molecular weight is 380 g/mol. The van der Waals surface area contributed by atoms with Gasteiger partial charge in [-0.1, -0.05) is 12.1 Å². The maximum Gasteiger partial charge on any atom is 0.243 e. The molecular weight excluding hydrogens is 362 g/mol. The third kappa shape index (κ3) is 3.91. The van der Waals surface area contributed by atoms with Gasteiger partial charge in [-0.15, -0.1) is 0 Å². The van der Waals surface area contributed by atoms with E-state index in [1.807, 2.05) is 0 Å². The molecule has 0 aromatic heterocycles. The third-order valence-corrected chi connectivity index (χ3v) is 6.23. The molecule has 1 fully saturated rings. The molecule has 0 bridgehead atoms. The number of rotatable bonds is 5. The number of carbonyl (C=O) groups excluding carboxylic acids is 1. The second kappa shape index (κ2) is 7.51. The first-order valence-corrected chi connectivity index (χ1v) is 9.61. The van der Waals surface area contributed by atoms with Gasteiger partial charge in [0.2, 0.25) is 15.9 Å². The molecule has 1 unspecified atom stereocenters. The molecule has 1 N–H and O–H groups in total. The standard InChI is InChI=1S/C18H18F2N2O3S/c19-14-5-3-13(4-6-14)12-21-18(23)17-2-1-11-22(17)26(24,25)16-9-7-15(20)8-10-16/h3-10,17H,1-2,11-12H2,(H,21,23). The number of nitrogens with zero attached hydrogens (tertiary/aromatic N) is 1. The molecule has 0 aliphatic carbocycles. The van der Waals surface area contributed by atoms with Gasteiger partial charge in [0.1, 0.15) is 17.7 Å². The molecule has 2 aromatic carbocycles. The first-order valence-electron chi connectivity index (χ1n) is 8.17. The SMILES string of the molecule is O=C(NCc1ccc(F)cc1)C1CCCN1S(=O)(=O)c1ccc(F)cc1. The topological polar surface area (TPSA) is 66.5 Å². The highest BCUT2D eigenvalue weighted by Gasteiger charge is 2.39. The van der Waals surface area contributed by atoms with E-state index in [0.717, 1.165) is 16.4 Å². The van der Waals surface area contributed by atoms with E-state index in [0.29, 0.717) is 18.4 Å². The van der Waals surface area contributed by atoms with Crippen LogP contribution >= 0.6 is 0 Å². The van der Waals surface area contributed by atoms with Gasteiger partial charge in [-0.05, 0) is 54.8 Å². The average Bonchev–Trinajstić information content (AvgIpc) is 3.12. The molecule has 0 spiro atoms. The maximum atomic E-state index is 13.0. The molecule has 1 heterocycles. The quantitative estimate of drug-likeness (QED) is 0.866. The van der Waals surface area contributed by atoms with Crippen LogP contribution in [-0.2, 0) is 21.4 Å². The Morgan fingerprint density at radius 1 is 1.04 bits per heavy atom. The zero-order valence-corrected chi connectivity index (χ0v) is 14.7. The summed E-state index contributed by atoms with van der Waals surface area (Å²) in [4.78, 5) is 12.4. The van der Waals surface area contributed by atoms with E-state index < -0.39 is 27.8 Å². The highest BCUT2D eigenvalue weighted by Crippen LogP contribution is 2.26. The number of hydrogen-bond acceptors (Lipinski definition) is 3. The van der Waals surface area contributed by atoms with Crippen molar-refractivity contribution in [2.45, 2.75) is 30.3 Å². The number of sulfonamides is 1. The van der Waals surface area contributed by atoms with Gasteiger partial charge in [0, 0.05) is 13.1 Å². The van der Waals surface area contributed by atoms with E-state index in [1.54, 1.807) is 12.1 Å². The van der Waals surface area contributed by atoms with E-state index in [1.165, 1.54) is 24.3 Å². The van der Waals surface area contributed by atoms with Gasteiger partial charge in [-0.25, -0.2) is 17.2 Å². The number of benzene rings is 2. The van der Waals surface area contributed by atoms with E-state index in [2.05, 4.69) is 5.32 Å². The van der Waals surface area contributed by atoms with E-state index >= 15 is 0 Å². The smallest absolute Gasteiger partial charge is 0.243 e. The lowest BCUT2D eigenvalue weighted by atomic mass is 10.2. The van der Waals surface area contributed by atoms with Crippen LogP contribution in [0.1, 0.15) is 18.4 Å². The summed E-state index contributed by atoms with van der Waals surface area (Å²) in [7, 11) is -3.88. The minimum absolute atomic E-state index is 0.0443. The van der Waals surface area contributed by atoms with E-state index in [-0.39, 0.29) is 23.8 Å². The zero-order valence-electron chi connectivity index (χ0n) is 13.9. The van der Waals surface area contributed by atoms with Gasteiger partial charge in [-0.3, -0.25) is 4.79 Å². The van der Waals surface area contributed by atoms with Crippen molar-refractivity contribution in [1.29, 1.82) is 0 Å². The number of hydrogen-bond donors (Lipinski definition) is 1. The van der Waals surface area contributed by atoms with Crippen LogP contribution in [0.15, 0.2) is 53.4 Å². The predicted molar refractivity (Wildman–Crippen MR) is 91.6 cm³/mol. The van der Waals surface area contributed by atoms with Crippen molar-refractivity contribution in [3.05, 3.63) is 65.7 Å². The summed E-state index contributed by atoms with van der Waals surface area (Å²) >= 11 is 0. The molecule has 1 saturated heterocycles. The first kappa shape index (κ1) is 18.5. The highest BCUT2D eigenvalue weighted by atomic mass is 32.2. The van der Waals surface area contributed by atoms with Crippen LogP contribution < -0.4 is 5.32 Å². The molecule has 0 radical (unpaired) electrons. The molecule has 1 amide bonds. The van der Waals surface area contributed by atoms with Crippen molar-refractivity contribution in [3.63, 3.8) is 0 Å². The Labute approximate surface area is 150 Å². The summed E-state index contributed by atoms with van der Waals surface area (Å²) in [6.07, 6.45) is 0.977. The van der Waals surface area contributed by atoms with Crippen LogP contribution in [0.2, 0.25) is 0 Å². The molecule has 1 aliphatic heterocycles. The Hall–Kier alpha value is -2.32. The first-order chi connectivity index (χ1) is 12.4. The van der Waals surface area contributed by atoms with Crippen LogP contribution in [0.4, 0.5) is 8.78 Å². The minimum atomic E-state index is -3.88. The lowest BCUT2D eigenvalue weighted by molar-refractivity contribution is -0.124. The van der Waals surface area contributed by atoms with Crippen molar-refractivity contribution >= 4 is 15.9 Å². The molecule has 138 valence electrons. The fraction of sp³-hybridized carbons (Fsp3) is 0.278. The van der Waals surface area contributed by atoms with Crippen molar-refractivity contribution in [2.75, 3.05) is 6.54 Å². The summed E-state index contributed by atoms with van der Waals surface area (Å²) in [6.45, 7) is 0.411. The lowest BCUT2D eigenvalue weighted by Crippen LogP contribution is -2.45. The van der Waals surface area contributed by atoms with Crippen molar-refractivity contribution in [1.82, 2.24) is 9.62 Å². The van der Waals surface area contributed by atoms with Crippen molar-refractivity contribution in [3.8, 4) is 0 Å². The molecule has 1 atom stereocenters. The monoisotopic (exact) mass is 380 g/mol. The van der Waals surface area contributed by atoms with Gasteiger partial charge in [-0.2, -0.15) is 4.31 Å². The zero-order chi connectivity index (χ0) is 18.7. The van der Waals surface area contributed by atoms with Gasteiger partial charge < -0.3 is 5.32 Å². The number of amides is 1. The molecule has 0 saturated carbocycles. The van der Waals surface area contributed by atoms with Crippen molar-refractivity contribution in [2.24, 2.45) is 0 Å². The largest absolute Gasteiger partial charge is 0.351 e. The number of carbonyl (C=O) groups is 1. The van der Waals surface area contributed by atoms with Crippen LogP contribution in [0.3, 0.4) is 0 Å². The maximum absolute atomic E-state index is 13.0. The van der Waals surface area contributed by atoms with Gasteiger partial charge in [0.15, 0.2) is 0 Å². The molecule has 2 aromatic rings. The summed E-state index contributed by atoms with van der Waals surface area (Å²) < 4.78 is 52.6. The summed E-state index contributed by atoms with van der Waals surface area (Å²) in [6, 6.07) is 9.41. The molecule has 26 heavy (non-hydrogen) atoms. The second-order valence-electron chi connectivity index (χ2n) is 6.07. The minimum Gasteiger partial charge on any atom is -0.351 e. The predicted octanol–water partition coefficient (Wildman–Crippen LogP) is 2.43. The highest BCUT2D eigenvalue weighted by molar-refractivity contribution is 7.89. The van der Waals surface area contributed by atoms with E-state index in [9.17, 15) is 22.0 Å². The van der Waals surface area contributed by atoms with Crippen molar-refractivity contribution < 1.29 is 22.0 Å². The summed E-state index contributed by atoms with van der Waals surface area (Å²) in [5, 5.41) is 2.70. The molecule has 3 rings (SSSR count). The Bertz CT molecular complexity index is 884. The van der Waals surface area contributed by atoms with Gasteiger partial charge >= 0.3 is 0 Å². The molecule has 5 nitrogen and oxygen atoms in total. The van der Waals surface area contributed by atoms with Crippen LogP contribution in [0.5, 0.6) is 0 Å². The van der Waals surface area contributed by atoms with Crippen LogP contribution in [0.25, 0.3) is 0 Å². The number of nitrogens with one attached hydrogen (secondary N) is 1. The summed E-state index contributed by atoms with van der Waals surface area (Å²) in [5.41, 5.74) is 0.714. The Kier molecular flexibility index (Phi) is 5.33. The summed E-state index contributed by atoms with van der Waals surface area (Å²) in [5.74, 6) is -1.30. The fourth-order valence-electron chi connectivity index (χ4n) is 2.94. The van der Waals surface area contributed by atoms with Gasteiger partial charge in [0.25, 0.3) is 0 Å². The molecule has 1 aliphatic rings. The van der Waals surface area contributed by atoms with Crippen LogP contribution in [0, 0.1) is 11.6 Å².